The molecule has 1 aromatic carbocycles. The topological polar surface area (TPSA) is 105 Å². The standard InChI is InChI=1S/C15H17N3O4/c1-2-8-22-11-5-3-4-10(9-11)14-16-15(21)12(17-18-14)6-7-13(19)20/h3-5,9H,2,6-8H2,1H3,(H,19,20)(H,16,18,21). The Kier molecular flexibility index (Phi) is 5.24. The molecule has 0 saturated heterocycles. The second kappa shape index (κ2) is 7.35. The molecule has 2 aromatic rings. The van der Waals surface area contributed by atoms with Crippen molar-refractivity contribution in [3.8, 4) is 17.1 Å². The van der Waals surface area contributed by atoms with Crippen LogP contribution in [0.15, 0.2) is 29.1 Å². The van der Waals surface area contributed by atoms with Crippen LogP contribution in [-0.4, -0.2) is 32.9 Å². The number of H-pyrrole nitrogens is 1. The van der Waals surface area contributed by atoms with Gasteiger partial charge in [0.25, 0.3) is 5.56 Å². The summed E-state index contributed by atoms with van der Waals surface area (Å²) in [4.78, 5) is 25.0. The number of aromatic nitrogens is 3. The van der Waals surface area contributed by atoms with E-state index in [1.54, 1.807) is 18.2 Å². The summed E-state index contributed by atoms with van der Waals surface area (Å²) in [6.07, 6.45) is 0.800. The Labute approximate surface area is 127 Å². The molecule has 0 atom stereocenters. The molecule has 1 heterocycles. The van der Waals surface area contributed by atoms with Gasteiger partial charge < -0.3 is 14.8 Å². The molecule has 2 rings (SSSR count). The highest BCUT2D eigenvalue weighted by Crippen LogP contribution is 2.20. The molecule has 22 heavy (non-hydrogen) atoms. The molecule has 7 heteroatoms. The lowest BCUT2D eigenvalue weighted by Crippen LogP contribution is -2.18. The van der Waals surface area contributed by atoms with Crippen LogP contribution < -0.4 is 10.3 Å². The van der Waals surface area contributed by atoms with Crippen molar-refractivity contribution in [2.45, 2.75) is 26.2 Å². The first-order valence-electron chi connectivity index (χ1n) is 7.01. The number of benzene rings is 1. The van der Waals surface area contributed by atoms with Crippen molar-refractivity contribution in [3.63, 3.8) is 0 Å². The molecule has 0 unspecified atom stereocenters. The van der Waals surface area contributed by atoms with Crippen molar-refractivity contribution >= 4 is 5.97 Å². The second-order valence-corrected chi connectivity index (χ2v) is 4.72. The van der Waals surface area contributed by atoms with Crippen molar-refractivity contribution in [1.82, 2.24) is 15.2 Å². The number of hydrogen-bond acceptors (Lipinski definition) is 5. The summed E-state index contributed by atoms with van der Waals surface area (Å²) in [5.41, 5.74) is 0.374. The van der Waals surface area contributed by atoms with E-state index in [1.807, 2.05) is 13.0 Å². The molecule has 0 aliphatic rings. The summed E-state index contributed by atoms with van der Waals surface area (Å²) >= 11 is 0. The lowest BCUT2D eigenvalue weighted by molar-refractivity contribution is -0.136. The van der Waals surface area contributed by atoms with Crippen LogP contribution in [-0.2, 0) is 11.2 Å². The van der Waals surface area contributed by atoms with Gasteiger partial charge in [-0.25, -0.2) is 0 Å². The number of rotatable bonds is 7. The van der Waals surface area contributed by atoms with E-state index in [-0.39, 0.29) is 18.5 Å². The summed E-state index contributed by atoms with van der Waals surface area (Å²) < 4.78 is 5.53. The Morgan fingerprint density at radius 3 is 2.86 bits per heavy atom. The van der Waals surface area contributed by atoms with E-state index in [9.17, 15) is 9.59 Å². The Bertz CT molecular complexity index is 712. The van der Waals surface area contributed by atoms with E-state index in [0.29, 0.717) is 23.7 Å². The molecule has 1 aromatic heterocycles. The van der Waals surface area contributed by atoms with E-state index >= 15 is 0 Å². The summed E-state index contributed by atoms with van der Waals surface area (Å²) in [5, 5.41) is 16.4. The number of aryl methyl sites for hydroxylation is 1. The molecule has 0 saturated carbocycles. The molecule has 0 spiro atoms. The highest BCUT2D eigenvalue weighted by Gasteiger charge is 2.09. The average molecular weight is 303 g/mol. The van der Waals surface area contributed by atoms with Crippen molar-refractivity contribution < 1.29 is 14.6 Å². The van der Waals surface area contributed by atoms with Crippen LogP contribution in [0.25, 0.3) is 11.4 Å². The number of carboxylic acid groups (broad SMARTS) is 1. The van der Waals surface area contributed by atoms with E-state index in [4.69, 9.17) is 9.84 Å². The Hall–Kier alpha value is -2.70. The maximum atomic E-state index is 11.9. The smallest absolute Gasteiger partial charge is 0.303 e. The Balaban J connectivity index is 2.20. The number of aromatic amines is 1. The Morgan fingerprint density at radius 2 is 2.18 bits per heavy atom. The maximum absolute atomic E-state index is 11.9. The van der Waals surface area contributed by atoms with Crippen molar-refractivity contribution in [2.75, 3.05) is 6.61 Å². The molecule has 0 amide bonds. The minimum atomic E-state index is -0.981. The number of carbonyl (C=O) groups is 1. The first-order valence-corrected chi connectivity index (χ1v) is 7.01. The summed E-state index contributed by atoms with van der Waals surface area (Å²) in [6, 6.07) is 7.19. The van der Waals surface area contributed by atoms with Gasteiger partial charge in [-0.1, -0.05) is 19.1 Å². The fraction of sp³-hybridized carbons (Fsp3) is 0.333. The molecule has 2 N–H and O–H groups in total. The zero-order chi connectivity index (χ0) is 15.9. The van der Waals surface area contributed by atoms with Gasteiger partial charge in [-0.2, -0.15) is 0 Å². The van der Waals surface area contributed by atoms with E-state index < -0.39 is 11.5 Å². The quantitative estimate of drug-likeness (QED) is 0.805. The molecule has 116 valence electrons. The third kappa shape index (κ3) is 4.15. The van der Waals surface area contributed by atoms with Gasteiger partial charge in [0.15, 0.2) is 5.82 Å². The Morgan fingerprint density at radius 1 is 1.36 bits per heavy atom. The average Bonchev–Trinajstić information content (AvgIpc) is 2.52. The van der Waals surface area contributed by atoms with E-state index in [1.165, 1.54) is 0 Å². The number of hydrogen-bond donors (Lipinski definition) is 2. The van der Waals surface area contributed by atoms with Crippen LogP contribution in [0.2, 0.25) is 0 Å². The zero-order valence-electron chi connectivity index (χ0n) is 12.2. The van der Waals surface area contributed by atoms with E-state index in [2.05, 4.69) is 15.2 Å². The summed E-state index contributed by atoms with van der Waals surface area (Å²) in [7, 11) is 0. The largest absolute Gasteiger partial charge is 0.494 e. The molecular formula is C15H17N3O4. The summed E-state index contributed by atoms with van der Waals surface area (Å²) in [5.74, 6) is 0.0361. The molecular weight excluding hydrogens is 286 g/mol. The molecule has 0 aliphatic carbocycles. The van der Waals surface area contributed by atoms with Crippen LogP contribution in [0.3, 0.4) is 0 Å². The second-order valence-electron chi connectivity index (χ2n) is 4.72. The van der Waals surface area contributed by atoms with Crippen LogP contribution in [0.4, 0.5) is 0 Å². The minimum Gasteiger partial charge on any atom is -0.494 e. The van der Waals surface area contributed by atoms with Gasteiger partial charge in [0.1, 0.15) is 11.4 Å². The monoisotopic (exact) mass is 303 g/mol. The lowest BCUT2D eigenvalue weighted by atomic mass is 10.2. The predicted octanol–water partition coefficient (Wildman–Crippen LogP) is 1.64. The normalized spacial score (nSPS) is 10.4. The van der Waals surface area contributed by atoms with Gasteiger partial charge in [0, 0.05) is 12.0 Å². The van der Waals surface area contributed by atoms with Gasteiger partial charge in [-0.15, -0.1) is 10.2 Å². The minimum absolute atomic E-state index is 0.0532. The third-order valence-electron chi connectivity index (χ3n) is 2.92. The maximum Gasteiger partial charge on any atom is 0.303 e. The molecule has 7 nitrogen and oxygen atoms in total. The number of carboxylic acids is 1. The van der Waals surface area contributed by atoms with E-state index in [0.717, 1.165) is 6.42 Å². The van der Waals surface area contributed by atoms with Gasteiger partial charge in [0.05, 0.1) is 13.0 Å². The highest BCUT2D eigenvalue weighted by atomic mass is 16.5. The molecule has 0 fully saturated rings. The highest BCUT2D eigenvalue weighted by molar-refractivity contribution is 5.67. The third-order valence-corrected chi connectivity index (χ3v) is 2.92. The number of nitrogens with zero attached hydrogens (tertiary/aromatic N) is 2. The predicted molar refractivity (Wildman–Crippen MR) is 79.8 cm³/mol. The number of aliphatic carboxylic acids is 1. The van der Waals surface area contributed by atoms with Crippen LogP contribution >= 0.6 is 0 Å². The first-order chi connectivity index (χ1) is 10.6. The molecule has 0 radical (unpaired) electrons. The SMILES string of the molecule is CCCOc1cccc(-c2nnc(CCC(=O)O)c(=O)[nH]2)c1. The zero-order valence-corrected chi connectivity index (χ0v) is 12.2. The van der Waals surface area contributed by atoms with Crippen molar-refractivity contribution in [3.05, 3.63) is 40.3 Å². The van der Waals surface area contributed by atoms with Gasteiger partial charge in [-0.05, 0) is 18.6 Å². The number of nitrogens with one attached hydrogen (secondary N) is 1. The summed E-state index contributed by atoms with van der Waals surface area (Å²) in [6.45, 7) is 2.63. The van der Waals surface area contributed by atoms with Gasteiger partial charge >= 0.3 is 5.97 Å². The van der Waals surface area contributed by atoms with Crippen LogP contribution in [0, 0.1) is 0 Å². The molecule has 0 aliphatic heterocycles. The first kappa shape index (κ1) is 15.7. The number of ether oxygens (including phenoxy) is 1. The van der Waals surface area contributed by atoms with Gasteiger partial charge in [0.2, 0.25) is 0 Å². The fourth-order valence-electron chi connectivity index (χ4n) is 1.83. The fourth-order valence-corrected chi connectivity index (χ4v) is 1.83. The molecule has 0 bridgehead atoms. The van der Waals surface area contributed by atoms with Crippen molar-refractivity contribution in [2.24, 2.45) is 0 Å². The van der Waals surface area contributed by atoms with Gasteiger partial charge in [-0.3, -0.25) is 9.59 Å². The van der Waals surface area contributed by atoms with Crippen LogP contribution in [0.5, 0.6) is 5.75 Å². The van der Waals surface area contributed by atoms with Crippen LogP contribution in [0.1, 0.15) is 25.5 Å². The van der Waals surface area contributed by atoms with Crippen molar-refractivity contribution in [1.29, 1.82) is 0 Å². The lowest BCUT2D eigenvalue weighted by Gasteiger charge is -2.06.